The third-order valence-electron chi connectivity index (χ3n) is 4.51. The number of rotatable bonds is 3. The quantitative estimate of drug-likeness (QED) is 0.888. The van der Waals surface area contributed by atoms with E-state index in [-0.39, 0.29) is 0 Å². The van der Waals surface area contributed by atoms with Gasteiger partial charge in [0.2, 0.25) is 0 Å². The number of fused-ring (bicyclic) bond motifs is 1. The number of nitrogens with one attached hydrogen (secondary N) is 1. The van der Waals surface area contributed by atoms with E-state index < -0.39 is 0 Å². The zero-order valence-electron chi connectivity index (χ0n) is 11.4. The van der Waals surface area contributed by atoms with Gasteiger partial charge in [-0.1, -0.05) is 0 Å². The molecule has 0 amide bonds. The lowest BCUT2D eigenvalue weighted by Crippen LogP contribution is -2.38. The third-order valence-corrected chi connectivity index (χ3v) is 4.51. The Labute approximate surface area is 109 Å². The number of aryl methyl sites for hydroxylation is 1. The fourth-order valence-electron chi connectivity index (χ4n) is 3.28. The summed E-state index contributed by atoms with van der Waals surface area (Å²) in [7, 11) is 2.05. The highest BCUT2D eigenvalue weighted by atomic mass is 16.5. The van der Waals surface area contributed by atoms with Gasteiger partial charge in [-0.25, -0.2) is 0 Å². The van der Waals surface area contributed by atoms with Gasteiger partial charge in [0.1, 0.15) is 0 Å². The molecule has 4 nitrogen and oxygen atoms in total. The fraction of sp³-hybridized carbons (Fsp3) is 0.786. The predicted octanol–water partition coefficient (Wildman–Crippen LogP) is 1.81. The second-order valence-corrected chi connectivity index (χ2v) is 5.69. The van der Waals surface area contributed by atoms with Gasteiger partial charge >= 0.3 is 0 Å². The van der Waals surface area contributed by atoms with E-state index >= 15 is 0 Å². The van der Waals surface area contributed by atoms with E-state index in [4.69, 9.17) is 4.74 Å². The van der Waals surface area contributed by atoms with Crippen LogP contribution in [0, 0.1) is 5.92 Å². The smallest absolute Gasteiger partial charge is 0.0540 e. The van der Waals surface area contributed by atoms with Gasteiger partial charge in [0, 0.05) is 37.0 Å². The van der Waals surface area contributed by atoms with Crippen molar-refractivity contribution in [2.75, 3.05) is 13.2 Å². The largest absolute Gasteiger partial charge is 0.381 e. The molecule has 0 aromatic carbocycles. The van der Waals surface area contributed by atoms with E-state index in [1.54, 1.807) is 0 Å². The summed E-state index contributed by atoms with van der Waals surface area (Å²) in [6.45, 7) is 4.14. The molecule has 0 radical (unpaired) electrons. The molecule has 1 aliphatic heterocycles. The van der Waals surface area contributed by atoms with E-state index in [1.165, 1.54) is 36.9 Å². The molecule has 2 heterocycles. The molecule has 1 aromatic rings. The standard InChI is InChI=1S/C14H23N3O/c1-10(11-6-7-18-9-11)16-13-4-3-5-14-12(13)8-15-17(14)2/h8,10-11,13,16H,3-7,9H2,1-2H3. The predicted molar refractivity (Wildman–Crippen MR) is 70.4 cm³/mol. The highest BCUT2D eigenvalue weighted by Crippen LogP contribution is 2.30. The first-order valence-corrected chi connectivity index (χ1v) is 7.10. The first kappa shape index (κ1) is 12.2. The van der Waals surface area contributed by atoms with Crippen LogP contribution in [-0.4, -0.2) is 29.0 Å². The third kappa shape index (κ3) is 2.19. The lowest BCUT2D eigenvalue weighted by atomic mass is 9.91. The number of hydrogen-bond acceptors (Lipinski definition) is 3. The summed E-state index contributed by atoms with van der Waals surface area (Å²) in [4.78, 5) is 0. The van der Waals surface area contributed by atoms with Crippen molar-refractivity contribution in [2.45, 2.75) is 44.7 Å². The van der Waals surface area contributed by atoms with Crippen LogP contribution in [0.25, 0.3) is 0 Å². The summed E-state index contributed by atoms with van der Waals surface area (Å²) in [5, 5.41) is 8.20. The average molecular weight is 249 g/mol. The fourth-order valence-corrected chi connectivity index (χ4v) is 3.28. The normalized spacial score (nSPS) is 29.2. The van der Waals surface area contributed by atoms with Crippen molar-refractivity contribution in [2.24, 2.45) is 13.0 Å². The van der Waals surface area contributed by atoms with E-state index in [2.05, 4.69) is 24.4 Å². The highest BCUT2D eigenvalue weighted by molar-refractivity contribution is 5.24. The molecule has 0 saturated carbocycles. The SMILES string of the molecule is CC(NC1CCCc2c1cnn2C)C1CCOC1. The molecule has 3 rings (SSSR count). The molecule has 0 spiro atoms. The molecule has 2 aliphatic rings. The molecule has 1 N–H and O–H groups in total. The molecule has 3 unspecified atom stereocenters. The molecule has 18 heavy (non-hydrogen) atoms. The molecular weight excluding hydrogens is 226 g/mol. The Morgan fingerprint density at radius 1 is 1.50 bits per heavy atom. The summed E-state index contributed by atoms with van der Waals surface area (Å²) in [5.41, 5.74) is 2.82. The molecule has 1 saturated heterocycles. The summed E-state index contributed by atoms with van der Waals surface area (Å²) >= 11 is 0. The molecular formula is C14H23N3O. The second kappa shape index (κ2) is 5.02. The van der Waals surface area contributed by atoms with Crippen LogP contribution in [0.3, 0.4) is 0 Å². The average Bonchev–Trinajstić information content (AvgIpc) is 3.00. The summed E-state index contributed by atoms with van der Waals surface area (Å²) in [6.07, 6.45) is 6.91. The van der Waals surface area contributed by atoms with Gasteiger partial charge in [-0.3, -0.25) is 4.68 Å². The molecule has 100 valence electrons. The van der Waals surface area contributed by atoms with Crippen molar-refractivity contribution in [3.8, 4) is 0 Å². The van der Waals surface area contributed by atoms with Gasteiger partial charge < -0.3 is 10.1 Å². The van der Waals surface area contributed by atoms with Crippen molar-refractivity contribution in [3.63, 3.8) is 0 Å². The molecule has 1 aliphatic carbocycles. The van der Waals surface area contributed by atoms with Gasteiger partial charge in [-0.15, -0.1) is 0 Å². The minimum absolute atomic E-state index is 0.484. The highest BCUT2D eigenvalue weighted by Gasteiger charge is 2.28. The van der Waals surface area contributed by atoms with Crippen molar-refractivity contribution in [3.05, 3.63) is 17.5 Å². The second-order valence-electron chi connectivity index (χ2n) is 5.69. The summed E-state index contributed by atoms with van der Waals surface area (Å²) in [6, 6.07) is 1.02. The van der Waals surface area contributed by atoms with Gasteiger partial charge in [-0.05, 0) is 38.5 Å². The van der Waals surface area contributed by atoms with Crippen LogP contribution in [0.1, 0.15) is 43.5 Å². The number of ether oxygens (including phenoxy) is 1. The van der Waals surface area contributed by atoms with Crippen LogP contribution in [0.2, 0.25) is 0 Å². The number of aromatic nitrogens is 2. The minimum atomic E-state index is 0.484. The first-order chi connectivity index (χ1) is 8.75. The zero-order chi connectivity index (χ0) is 12.5. The molecule has 1 fully saturated rings. The number of nitrogens with zero attached hydrogens (tertiary/aromatic N) is 2. The Bertz CT molecular complexity index is 409. The molecule has 1 aromatic heterocycles. The van der Waals surface area contributed by atoms with Crippen LogP contribution < -0.4 is 5.32 Å². The first-order valence-electron chi connectivity index (χ1n) is 7.10. The van der Waals surface area contributed by atoms with E-state index in [0.29, 0.717) is 18.0 Å². The zero-order valence-corrected chi connectivity index (χ0v) is 11.4. The maximum absolute atomic E-state index is 5.48. The Hall–Kier alpha value is -0.870. The van der Waals surface area contributed by atoms with Gasteiger partial charge in [0.05, 0.1) is 12.8 Å². The Morgan fingerprint density at radius 2 is 2.39 bits per heavy atom. The van der Waals surface area contributed by atoms with Crippen molar-refractivity contribution < 1.29 is 4.74 Å². The summed E-state index contributed by atoms with van der Waals surface area (Å²) in [5.74, 6) is 0.673. The van der Waals surface area contributed by atoms with Gasteiger partial charge in [0.25, 0.3) is 0 Å². The van der Waals surface area contributed by atoms with Crippen molar-refractivity contribution in [1.82, 2.24) is 15.1 Å². The Balaban J connectivity index is 1.70. The molecule has 3 atom stereocenters. The van der Waals surface area contributed by atoms with Crippen LogP contribution in [0.15, 0.2) is 6.20 Å². The van der Waals surface area contributed by atoms with Gasteiger partial charge in [-0.2, -0.15) is 5.10 Å². The van der Waals surface area contributed by atoms with E-state index in [0.717, 1.165) is 13.2 Å². The number of hydrogen-bond donors (Lipinski definition) is 1. The molecule has 4 heteroatoms. The topological polar surface area (TPSA) is 39.1 Å². The Kier molecular flexibility index (Phi) is 3.39. The van der Waals surface area contributed by atoms with E-state index in [9.17, 15) is 0 Å². The van der Waals surface area contributed by atoms with Crippen LogP contribution in [0.5, 0.6) is 0 Å². The summed E-state index contributed by atoms with van der Waals surface area (Å²) < 4.78 is 7.52. The van der Waals surface area contributed by atoms with Crippen molar-refractivity contribution >= 4 is 0 Å². The van der Waals surface area contributed by atoms with Crippen LogP contribution in [0.4, 0.5) is 0 Å². The van der Waals surface area contributed by atoms with Gasteiger partial charge in [0.15, 0.2) is 0 Å². The lowest BCUT2D eigenvalue weighted by Gasteiger charge is -2.29. The van der Waals surface area contributed by atoms with Crippen molar-refractivity contribution in [1.29, 1.82) is 0 Å². The van der Waals surface area contributed by atoms with E-state index in [1.807, 2.05) is 10.9 Å². The lowest BCUT2D eigenvalue weighted by molar-refractivity contribution is 0.176. The maximum Gasteiger partial charge on any atom is 0.0540 e. The Morgan fingerprint density at radius 3 is 3.17 bits per heavy atom. The van der Waals surface area contributed by atoms with Crippen LogP contribution in [-0.2, 0) is 18.2 Å². The maximum atomic E-state index is 5.48. The minimum Gasteiger partial charge on any atom is -0.381 e. The van der Waals surface area contributed by atoms with Crippen LogP contribution >= 0.6 is 0 Å². The molecule has 0 bridgehead atoms. The monoisotopic (exact) mass is 249 g/mol.